The predicted molar refractivity (Wildman–Crippen MR) is 66.1 cm³/mol. The Bertz CT molecular complexity index is 640. The van der Waals surface area contributed by atoms with Gasteiger partial charge in [0.2, 0.25) is 5.91 Å². The van der Waals surface area contributed by atoms with Crippen molar-refractivity contribution < 1.29 is 18.0 Å². The predicted octanol–water partition coefficient (Wildman–Crippen LogP) is 2.54. The highest BCUT2D eigenvalue weighted by Crippen LogP contribution is 2.23. The summed E-state index contributed by atoms with van der Waals surface area (Å²) in [5.41, 5.74) is 5.42. The van der Waals surface area contributed by atoms with Gasteiger partial charge in [-0.3, -0.25) is 4.79 Å². The van der Waals surface area contributed by atoms with E-state index in [0.717, 1.165) is 18.2 Å². The molecule has 0 fully saturated rings. The fraction of sp³-hybridized carbons (Fsp3) is 0.231. The second kappa shape index (κ2) is 5.36. The van der Waals surface area contributed by atoms with Gasteiger partial charge in [-0.25, -0.2) is 17.9 Å². The second-order valence-electron chi connectivity index (χ2n) is 4.39. The average molecular weight is 283 g/mol. The Morgan fingerprint density at radius 2 is 2.00 bits per heavy atom. The number of halogens is 3. The molecule has 2 rings (SSSR count). The van der Waals surface area contributed by atoms with Crippen molar-refractivity contribution in [2.75, 3.05) is 0 Å². The van der Waals surface area contributed by atoms with Crippen LogP contribution >= 0.6 is 0 Å². The summed E-state index contributed by atoms with van der Waals surface area (Å²) in [4.78, 5) is 11.1. The molecule has 1 unspecified atom stereocenters. The van der Waals surface area contributed by atoms with Crippen LogP contribution in [0, 0.1) is 5.82 Å². The number of carbonyl (C=O) groups is 1. The summed E-state index contributed by atoms with van der Waals surface area (Å²) >= 11 is 0. The minimum absolute atomic E-state index is 0.156. The fourth-order valence-electron chi connectivity index (χ4n) is 1.72. The summed E-state index contributed by atoms with van der Waals surface area (Å²) in [6.07, 6.45) is 0.0750. The topological polar surface area (TPSA) is 60.9 Å². The van der Waals surface area contributed by atoms with E-state index in [-0.39, 0.29) is 5.69 Å². The van der Waals surface area contributed by atoms with Gasteiger partial charge in [0.15, 0.2) is 0 Å². The van der Waals surface area contributed by atoms with Crippen LogP contribution in [0.2, 0.25) is 0 Å². The summed E-state index contributed by atoms with van der Waals surface area (Å²) in [6.45, 7) is 1.60. The zero-order chi connectivity index (χ0) is 14.9. The van der Waals surface area contributed by atoms with Gasteiger partial charge in [-0.05, 0) is 25.1 Å². The van der Waals surface area contributed by atoms with Crippen LogP contribution in [0.15, 0.2) is 30.6 Å². The van der Waals surface area contributed by atoms with Crippen molar-refractivity contribution in [2.24, 2.45) is 5.73 Å². The van der Waals surface area contributed by atoms with Crippen molar-refractivity contribution in [3.05, 3.63) is 47.5 Å². The number of nitrogens with two attached hydrogens (primary N) is 1. The highest BCUT2D eigenvalue weighted by atomic mass is 19.3. The standard InChI is InChI=1S/C13H12F3N3O/c1-7(13(17)20)9-5-18-19(6-9)11-3-8(12(15)16)2-10(14)4-11/h2-7,12H,1H3,(H2,17,20). The van der Waals surface area contributed by atoms with Crippen molar-refractivity contribution in [1.29, 1.82) is 0 Å². The average Bonchev–Trinajstić information content (AvgIpc) is 2.86. The van der Waals surface area contributed by atoms with E-state index in [9.17, 15) is 18.0 Å². The third-order valence-electron chi connectivity index (χ3n) is 2.95. The summed E-state index contributed by atoms with van der Waals surface area (Å²) in [5, 5.41) is 3.93. The van der Waals surface area contributed by atoms with Crippen LogP contribution in [0.4, 0.5) is 13.2 Å². The number of benzene rings is 1. The zero-order valence-electron chi connectivity index (χ0n) is 10.6. The quantitative estimate of drug-likeness (QED) is 0.937. The van der Waals surface area contributed by atoms with Gasteiger partial charge in [-0.2, -0.15) is 5.10 Å². The second-order valence-corrected chi connectivity index (χ2v) is 4.39. The van der Waals surface area contributed by atoms with Gasteiger partial charge in [0, 0.05) is 17.3 Å². The minimum atomic E-state index is -2.77. The number of amides is 1. The third-order valence-corrected chi connectivity index (χ3v) is 2.95. The molecule has 20 heavy (non-hydrogen) atoms. The molecule has 2 aromatic rings. The number of nitrogens with zero attached hydrogens (tertiary/aromatic N) is 2. The normalized spacial score (nSPS) is 12.7. The van der Waals surface area contributed by atoms with Crippen LogP contribution in [0.25, 0.3) is 5.69 Å². The van der Waals surface area contributed by atoms with E-state index in [1.165, 1.54) is 17.1 Å². The van der Waals surface area contributed by atoms with Crippen LogP contribution in [0.5, 0.6) is 0 Å². The largest absolute Gasteiger partial charge is 0.369 e. The first-order chi connectivity index (χ1) is 9.38. The molecule has 7 heteroatoms. The molecular formula is C13H12F3N3O. The molecule has 0 radical (unpaired) electrons. The number of alkyl halides is 2. The molecule has 0 spiro atoms. The third kappa shape index (κ3) is 2.81. The molecule has 1 atom stereocenters. The van der Waals surface area contributed by atoms with Crippen LogP contribution in [0.3, 0.4) is 0 Å². The first-order valence-electron chi connectivity index (χ1n) is 5.81. The maximum absolute atomic E-state index is 13.3. The lowest BCUT2D eigenvalue weighted by atomic mass is 10.1. The summed E-state index contributed by atoms with van der Waals surface area (Å²) < 4.78 is 39.8. The van der Waals surface area contributed by atoms with Gasteiger partial charge >= 0.3 is 0 Å². The Labute approximate surface area is 113 Å². The van der Waals surface area contributed by atoms with Crippen molar-refractivity contribution in [3.63, 3.8) is 0 Å². The van der Waals surface area contributed by atoms with Crippen LogP contribution in [0.1, 0.15) is 30.4 Å². The van der Waals surface area contributed by atoms with Crippen LogP contribution < -0.4 is 5.73 Å². The molecule has 0 aliphatic rings. The molecule has 0 bridgehead atoms. The molecular weight excluding hydrogens is 271 g/mol. The first-order valence-corrected chi connectivity index (χ1v) is 5.81. The molecule has 1 aromatic carbocycles. The van der Waals surface area contributed by atoms with Gasteiger partial charge < -0.3 is 5.73 Å². The number of rotatable bonds is 4. The number of hydrogen-bond donors (Lipinski definition) is 1. The highest BCUT2D eigenvalue weighted by molar-refractivity contribution is 5.81. The van der Waals surface area contributed by atoms with Crippen LogP contribution in [-0.4, -0.2) is 15.7 Å². The van der Waals surface area contributed by atoms with Crippen LogP contribution in [-0.2, 0) is 4.79 Å². The van der Waals surface area contributed by atoms with Crippen molar-refractivity contribution >= 4 is 5.91 Å². The van der Waals surface area contributed by atoms with E-state index in [1.54, 1.807) is 6.92 Å². The number of carbonyl (C=O) groups excluding carboxylic acids is 1. The number of aromatic nitrogens is 2. The van der Waals surface area contributed by atoms with Gasteiger partial charge in [0.1, 0.15) is 5.82 Å². The molecule has 0 saturated carbocycles. The maximum atomic E-state index is 13.3. The van der Waals surface area contributed by atoms with E-state index >= 15 is 0 Å². The Balaban J connectivity index is 2.39. The SMILES string of the molecule is CC(C(N)=O)c1cnn(-c2cc(F)cc(C(F)F)c2)c1. The molecule has 4 nitrogen and oxygen atoms in total. The van der Waals surface area contributed by atoms with E-state index in [4.69, 9.17) is 5.73 Å². The Morgan fingerprint density at radius 1 is 1.30 bits per heavy atom. The highest BCUT2D eigenvalue weighted by Gasteiger charge is 2.15. The molecule has 1 aromatic heterocycles. The molecule has 1 amide bonds. The molecule has 0 saturated heterocycles. The summed E-state index contributed by atoms with van der Waals surface area (Å²) in [7, 11) is 0. The van der Waals surface area contributed by atoms with Gasteiger partial charge in [0.25, 0.3) is 6.43 Å². The lowest BCUT2D eigenvalue weighted by molar-refractivity contribution is -0.119. The lowest BCUT2D eigenvalue weighted by Crippen LogP contribution is -2.18. The lowest BCUT2D eigenvalue weighted by Gasteiger charge is -2.06. The van der Waals surface area contributed by atoms with Crippen molar-refractivity contribution in [2.45, 2.75) is 19.3 Å². The molecule has 0 aliphatic carbocycles. The first kappa shape index (κ1) is 14.1. The summed E-state index contributed by atoms with van der Waals surface area (Å²) in [5.74, 6) is -1.87. The Hall–Kier alpha value is -2.31. The fourth-order valence-corrected chi connectivity index (χ4v) is 1.72. The maximum Gasteiger partial charge on any atom is 0.264 e. The van der Waals surface area contributed by atoms with E-state index in [0.29, 0.717) is 5.56 Å². The van der Waals surface area contributed by atoms with Gasteiger partial charge in [-0.15, -0.1) is 0 Å². The Morgan fingerprint density at radius 3 is 2.60 bits per heavy atom. The minimum Gasteiger partial charge on any atom is -0.369 e. The monoisotopic (exact) mass is 283 g/mol. The number of hydrogen-bond acceptors (Lipinski definition) is 2. The smallest absolute Gasteiger partial charge is 0.264 e. The van der Waals surface area contributed by atoms with Crippen molar-refractivity contribution in [1.82, 2.24) is 9.78 Å². The summed E-state index contributed by atoms with van der Waals surface area (Å²) in [6, 6.07) is 2.99. The molecule has 106 valence electrons. The zero-order valence-corrected chi connectivity index (χ0v) is 10.6. The Kier molecular flexibility index (Phi) is 3.78. The van der Waals surface area contributed by atoms with Crippen molar-refractivity contribution in [3.8, 4) is 5.69 Å². The van der Waals surface area contributed by atoms with E-state index in [2.05, 4.69) is 5.10 Å². The molecule has 1 heterocycles. The molecule has 2 N–H and O–H groups in total. The van der Waals surface area contributed by atoms with Gasteiger partial charge in [0.05, 0.1) is 17.8 Å². The van der Waals surface area contributed by atoms with E-state index in [1.807, 2.05) is 0 Å². The van der Waals surface area contributed by atoms with E-state index < -0.39 is 29.6 Å². The number of primary amides is 1. The molecule has 0 aliphatic heterocycles. The van der Waals surface area contributed by atoms with Gasteiger partial charge in [-0.1, -0.05) is 0 Å².